The van der Waals surface area contributed by atoms with Crippen LogP contribution in [0, 0.1) is 5.92 Å². The van der Waals surface area contributed by atoms with Gasteiger partial charge in [0.05, 0.1) is 26.0 Å². The van der Waals surface area contributed by atoms with E-state index in [0.29, 0.717) is 11.7 Å². The van der Waals surface area contributed by atoms with Crippen molar-refractivity contribution in [3.05, 3.63) is 11.9 Å². The lowest BCUT2D eigenvalue weighted by Crippen LogP contribution is -2.21. The average molecular weight is 269 g/mol. The molecule has 5 heteroatoms. The van der Waals surface area contributed by atoms with Crippen LogP contribution in [0.5, 0.6) is 5.75 Å². The van der Waals surface area contributed by atoms with Gasteiger partial charge in [0.15, 0.2) is 5.75 Å². The van der Waals surface area contributed by atoms with Gasteiger partial charge in [-0.25, -0.2) is 0 Å². The van der Waals surface area contributed by atoms with Gasteiger partial charge in [0.2, 0.25) is 0 Å². The minimum absolute atomic E-state index is 0.512. The normalized spacial score (nSPS) is 13.3. The lowest BCUT2D eigenvalue weighted by molar-refractivity contribution is 0.143. The monoisotopic (exact) mass is 269 g/mol. The molecule has 0 aliphatic carbocycles. The third-order valence-corrected chi connectivity index (χ3v) is 3.16. The predicted octanol–water partition coefficient (Wildman–Crippen LogP) is 1.92. The largest absolute Gasteiger partial charge is 0.493 e. The van der Waals surface area contributed by atoms with Crippen LogP contribution in [-0.4, -0.2) is 47.5 Å². The molecule has 0 spiro atoms. The number of methoxy groups -OCH3 is 1. The van der Waals surface area contributed by atoms with Crippen LogP contribution in [0.2, 0.25) is 0 Å². The molecule has 0 bridgehead atoms. The number of hydrogen-bond acceptors (Lipinski definition) is 4. The number of ether oxygens (including phenoxy) is 1. The van der Waals surface area contributed by atoms with Gasteiger partial charge in [0, 0.05) is 6.54 Å². The standard InChI is InChI=1S/C14H27N3O2/c1-11(2)6-7-12(18)14-13(19-5)10-15-17(14)9-8-16(3)4/h10-12,18H,6-9H2,1-5H3. The number of rotatable bonds is 8. The van der Waals surface area contributed by atoms with Gasteiger partial charge in [-0.1, -0.05) is 13.8 Å². The smallest absolute Gasteiger partial charge is 0.162 e. The van der Waals surface area contributed by atoms with Gasteiger partial charge in [-0.15, -0.1) is 0 Å². The van der Waals surface area contributed by atoms with Gasteiger partial charge >= 0.3 is 0 Å². The Balaban J connectivity index is 2.79. The second kappa shape index (κ2) is 7.50. The summed E-state index contributed by atoms with van der Waals surface area (Å²) >= 11 is 0. The molecular formula is C14H27N3O2. The van der Waals surface area contributed by atoms with E-state index in [1.165, 1.54) is 0 Å². The Morgan fingerprint density at radius 3 is 2.58 bits per heavy atom. The fourth-order valence-electron chi connectivity index (χ4n) is 1.97. The fraction of sp³-hybridized carbons (Fsp3) is 0.786. The van der Waals surface area contributed by atoms with E-state index in [1.54, 1.807) is 13.3 Å². The Morgan fingerprint density at radius 2 is 2.05 bits per heavy atom. The molecule has 19 heavy (non-hydrogen) atoms. The Bertz CT molecular complexity index is 375. The third kappa shape index (κ3) is 4.84. The van der Waals surface area contributed by atoms with Crippen LogP contribution in [0.3, 0.4) is 0 Å². The van der Waals surface area contributed by atoms with Gasteiger partial charge in [-0.05, 0) is 32.9 Å². The van der Waals surface area contributed by atoms with Crippen LogP contribution < -0.4 is 4.74 Å². The average Bonchev–Trinajstić information content (AvgIpc) is 2.76. The topological polar surface area (TPSA) is 50.5 Å². The Kier molecular flexibility index (Phi) is 6.31. The van der Waals surface area contributed by atoms with Gasteiger partial charge in [-0.3, -0.25) is 4.68 Å². The number of aliphatic hydroxyl groups is 1. The minimum Gasteiger partial charge on any atom is -0.493 e. The number of likely N-dealkylation sites (N-methyl/N-ethyl adjacent to an activating group) is 1. The van der Waals surface area contributed by atoms with Crippen molar-refractivity contribution in [2.24, 2.45) is 5.92 Å². The molecule has 0 fully saturated rings. The number of aliphatic hydroxyl groups excluding tert-OH is 1. The van der Waals surface area contributed by atoms with Crippen LogP contribution in [-0.2, 0) is 6.54 Å². The van der Waals surface area contributed by atoms with E-state index in [4.69, 9.17) is 4.74 Å². The molecule has 1 rings (SSSR count). The maximum absolute atomic E-state index is 10.4. The van der Waals surface area contributed by atoms with Crippen molar-refractivity contribution >= 4 is 0 Å². The van der Waals surface area contributed by atoms with Crippen LogP contribution >= 0.6 is 0 Å². The van der Waals surface area contributed by atoms with E-state index in [2.05, 4.69) is 23.8 Å². The summed E-state index contributed by atoms with van der Waals surface area (Å²) in [5, 5.41) is 14.7. The molecule has 5 nitrogen and oxygen atoms in total. The molecule has 1 unspecified atom stereocenters. The number of aromatic nitrogens is 2. The zero-order valence-corrected chi connectivity index (χ0v) is 12.8. The SMILES string of the molecule is COc1cnn(CCN(C)C)c1C(O)CCC(C)C. The summed E-state index contributed by atoms with van der Waals surface area (Å²) in [5.41, 5.74) is 0.796. The second-order valence-electron chi connectivity index (χ2n) is 5.61. The first-order valence-corrected chi connectivity index (χ1v) is 6.88. The molecule has 0 aliphatic heterocycles. The summed E-state index contributed by atoms with van der Waals surface area (Å²) in [6.45, 7) is 5.96. The highest BCUT2D eigenvalue weighted by Gasteiger charge is 2.20. The van der Waals surface area contributed by atoms with E-state index in [9.17, 15) is 5.11 Å². The lowest BCUT2D eigenvalue weighted by atomic mass is 10.0. The third-order valence-electron chi connectivity index (χ3n) is 3.16. The Hall–Kier alpha value is -1.07. The van der Waals surface area contributed by atoms with Crippen LogP contribution in [0.4, 0.5) is 0 Å². The van der Waals surface area contributed by atoms with Crippen molar-refractivity contribution in [1.29, 1.82) is 0 Å². The molecule has 1 N–H and O–H groups in total. The Morgan fingerprint density at radius 1 is 1.37 bits per heavy atom. The lowest BCUT2D eigenvalue weighted by Gasteiger charge is -2.17. The predicted molar refractivity (Wildman–Crippen MR) is 76.4 cm³/mol. The maximum Gasteiger partial charge on any atom is 0.162 e. The van der Waals surface area contributed by atoms with Crippen LogP contribution in [0.1, 0.15) is 38.5 Å². The van der Waals surface area contributed by atoms with Crippen molar-refractivity contribution in [1.82, 2.24) is 14.7 Å². The second-order valence-corrected chi connectivity index (χ2v) is 5.61. The van der Waals surface area contributed by atoms with E-state index in [-0.39, 0.29) is 0 Å². The highest BCUT2D eigenvalue weighted by molar-refractivity contribution is 5.27. The molecule has 1 aromatic rings. The quantitative estimate of drug-likeness (QED) is 0.783. The number of hydrogen-bond donors (Lipinski definition) is 1. The van der Waals surface area contributed by atoms with E-state index in [0.717, 1.165) is 31.6 Å². The first-order chi connectivity index (χ1) is 8.95. The zero-order valence-electron chi connectivity index (χ0n) is 12.8. The van der Waals surface area contributed by atoms with Crippen molar-refractivity contribution in [2.45, 2.75) is 39.3 Å². The molecule has 0 saturated carbocycles. The first kappa shape index (κ1) is 16.0. The van der Waals surface area contributed by atoms with Crippen molar-refractivity contribution in [3.8, 4) is 5.75 Å². The highest BCUT2D eigenvalue weighted by atomic mass is 16.5. The Labute approximate surface area is 116 Å². The van der Waals surface area contributed by atoms with Gasteiger partial charge < -0.3 is 14.7 Å². The van der Waals surface area contributed by atoms with Gasteiger partial charge in [-0.2, -0.15) is 5.10 Å². The van der Waals surface area contributed by atoms with Crippen molar-refractivity contribution < 1.29 is 9.84 Å². The molecule has 0 saturated heterocycles. The molecule has 0 amide bonds. The minimum atomic E-state index is -0.512. The molecule has 110 valence electrons. The molecule has 0 aromatic carbocycles. The first-order valence-electron chi connectivity index (χ1n) is 6.88. The van der Waals surface area contributed by atoms with Crippen LogP contribution in [0.15, 0.2) is 6.20 Å². The van der Waals surface area contributed by atoms with Gasteiger partial charge in [0.25, 0.3) is 0 Å². The number of nitrogens with zero attached hydrogens (tertiary/aromatic N) is 3. The zero-order chi connectivity index (χ0) is 14.4. The highest BCUT2D eigenvalue weighted by Crippen LogP contribution is 2.28. The molecular weight excluding hydrogens is 242 g/mol. The van der Waals surface area contributed by atoms with E-state index >= 15 is 0 Å². The summed E-state index contributed by atoms with van der Waals surface area (Å²) in [6.07, 6.45) is 2.90. The maximum atomic E-state index is 10.4. The van der Waals surface area contributed by atoms with E-state index in [1.807, 2.05) is 18.8 Å². The molecule has 1 atom stereocenters. The molecule has 0 aliphatic rings. The molecule has 1 heterocycles. The summed E-state index contributed by atoms with van der Waals surface area (Å²) in [7, 11) is 5.66. The molecule has 0 radical (unpaired) electrons. The van der Waals surface area contributed by atoms with Crippen molar-refractivity contribution in [2.75, 3.05) is 27.7 Å². The van der Waals surface area contributed by atoms with Gasteiger partial charge in [0.1, 0.15) is 5.69 Å². The summed E-state index contributed by atoms with van der Waals surface area (Å²) < 4.78 is 7.15. The summed E-state index contributed by atoms with van der Waals surface area (Å²) in [6, 6.07) is 0. The summed E-state index contributed by atoms with van der Waals surface area (Å²) in [4.78, 5) is 2.10. The van der Waals surface area contributed by atoms with E-state index < -0.39 is 6.10 Å². The van der Waals surface area contributed by atoms with Crippen molar-refractivity contribution in [3.63, 3.8) is 0 Å². The fourth-order valence-corrected chi connectivity index (χ4v) is 1.97. The summed E-state index contributed by atoms with van der Waals surface area (Å²) in [5.74, 6) is 1.26. The van der Waals surface area contributed by atoms with Crippen LogP contribution in [0.25, 0.3) is 0 Å². The molecule has 1 aromatic heterocycles.